The maximum atomic E-state index is 12.7. The summed E-state index contributed by atoms with van der Waals surface area (Å²) in [5.74, 6) is 0.172. The molecule has 2 aromatic carbocycles. The number of hydrogen-bond donors (Lipinski definition) is 0. The summed E-state index contributed by atoms with van der Waals surface area (Å²) in [7, 11) is 0. The number of alkyl halides is 4. The molecule has 9 heteroatoms. The molecule has 0 aliphatic carbocycles. The summed E-state index contributed by atoms with van der Waals surface area (Å²) in [5, 5.41) is 0. The number of ether oxygens (including phenoxy) is 2. The molecular weight excluding hydrogens is 432 g/mol. The van der Waals surface area contributed by atoms with E-state index in [-0.39, 0.29) is 34.0 Å². The Hall–Kier alpha value is -2.55. The maximum absolute atomic E-state index is 12.7. The minimum Gasteiger partial charge on any atom is -1.00 e. The van der Waals surface area contributed by atoms with Crippen LogP contribution in [0.2, 0.25) is 0 Å². The first kappa shape index (κ1) is 19.2. The van der Waals surface area contributed by atoms with Crippen LogP contribution in [0, 0.1) is 0 Å². The molecule has 0 saturated carbocycles. The molecule has 1 aliphatic rings. The Morgan fingerprint density at radius 2 is 1.67 bits per heavy atom. The molecule has 0 radical (unpaired) electrons. The fourth-order valence-corrected chi connectivity index (χ4v) is 3.02. The van der Waals surface area contributed by atoms with Crippen molar-refractivity contribution in [2.24, 2.45) is 0 Å². The van der Waals surface area contributed by atoms with E-state index in [4.69, 9.17) is 0 Å². The molecule has 1 aliphatic heterocycles. The van der Waals surface area contributed by atoms with Gasteiger partial charge in [0.1, 0.15) is 17.3 Å². The van der Waals surface area contributed by atoms with Gasteiger partial charge in [0.25, 0.3) is 0 Å². The van der Waals surface area contributed by atoms with E-state index in [1.54, 1.807) is 6.20 Å². The Labute approximate surface area is 162 Å². The van der Waals surface area contributed by atoms with E-state index in [1.807, 2.05) is 28.8 Å². The first-order chi connectivity index (χ1) is 12.5. The Kier molecular flexibility index (Phi) is 5.41. The van der Waals surface area contributed by atoms with Gasteiger partial charge in [-0.2, -0.15) is 17.6 Å². The van der Waals surface area contributed by atoms with Crippen molar-refractivity contribution in [2.75, 3.05) is 0 Å². The highest BCUT2D eigenvalue weighted by Gasteiger charge is 2.23. The van der Waals surface area contributed by atoms with Gasteiger partial charge in [0.05, 0.1) is 5.69 Å². The molecule has 0 unspecified atom stereocenters. The van der Waals surface area contributed by atoms with E-state index in [0.717, 1.165) is 17.2 Å². The minimum atomic E-state index is -3.11. The highest BCUT2D eigenvalue weighted by Crippen LogP contribution is 2.38. The second kappa shape index (κ2) is 7.59. The standard InChI is InChI=1S/C18H12F4N2O2.BrH/c19-17(20)25-11-5-6-13(15(7-11)26-18(21)22)14-9-24-8-10-3-1-2-4-12(10)16(24)23-14;/h1-7,9,17-18H,8H2;1H/p-1. The van der Waals surface area contributed by atoms with E-state index in [0.29, 0.717) is 18.1 Å². The zero-order valence-electron chi connectivity index (χ0n) is 13.6. The number of nitrogens with zero attached hydrogens (tertiary/aromatic N) is 2. The number of hydrogen-bond acceptors (Lipinski definition) is 3. The zero-order valence-corrected chi connectivity index (χ0v) is 15.2. The monoisotopic (exact) mass is 443 g/mol. The molecule has 4 nitrogen and oxygen atoms in total. The highest BCUT2D eigenvalue weighted by atomic mass is 79.9. The molecule has 0 amide bonds. The van der Waals surface area contributed by atoms with E-state index in [9.17, 15) is 17.6 Å². The summed E-state index contributed by atoms with van der Waals surface area (Å²) >= 11 is 0. The number of imidazole rings is 1. The lowest BCUT2D eigenvalue weighted by molar-refractivity contribution is -0.0540. The van der Waals surface area contributed by atoms with Gasteiger partial charge in [-0.1, -0.05) is 24.3 Å². The van der Waals surface area contributed by atoms with Gasteiger partial charge in [-0.15, -0.1) is 0 Å². The van der Waals surface area contributed by atoms with Crippen molar-refractivity contribution in [1.29, 1.82) is 0 Å². The molecular formula is C18H12BrF4N2O2-. The van der Waals surface area contributed by atoms with Crippen LogP contribution < -0.4 is 26.5 Å². The quantitative estimate of drug-likeness (QED) is 0.441. The first-order valence-electron chi connectivity index (χ1n) is 7.71. The second-order valence-corrected chi connectivity index (χ2v) is 5.65. The summed E-state index contributed by atoms with van der Waals surface area (Å²) in [5.41, 5.74) is 2.76. The second-order valence-electron chi connectivity index (χ2n) is 5.65. The average molecular weight is 444 g/mol. The fraction of sp³-hybridized carbons (Fsp3) is 0.167. The zero-order chi connectivity index (χ0) is 18.3. The van der Waals surface area contributed by atoms with E-state index in [1.165, 1.54) is 12.1 Å². The van der Waals surface area contributed by atoms with Gasteiger partial charge in [-0.25, -0.2) is 4.98 Å². The van der Waals surface area contributed by atoms with Crippen LogP contribution in [0.3, 0.4) is 0 Å². The third-order valence-corrected chi connectivity index (χ3v) is 4.05. The van der Waals surface area contributed by atoms with Crippen molar-refractivity contribution >= 4 is 0 Å². The van der Waals surface area contributed by atoms with Crippen molar-refractivity contribution in [3.63, 3.8) is 0 Å². The molecule has 1 aromatic heterocycles. The van der Waals surface area contributed by atoms with Crippen molar-refractivity contribution in [2.45, 2.75) is 19.8 Å². The van der Waals surface area contributed by atoms with Crippen LogP contribution in [-0.4, -0.2) is 22.8 Å². The fourth-order valence-electron chi connectivity index (χ4n) is 3.02. The van der Waals surface area contributed by atoms with Crippen LogP contribution in [0.25, 0.3) is 22.6 Å². The van der Waals surface area contributed by atoms with Crippen molar-refractivity contribution in [3.8, 4) is 34.1 Å². The summed E-state index contributed by atoms with van der Waals surface area (Å²) < 4.78 is 60.8. The van der Waals surface area contributed by atoms with Gasteiger partial charge in [-0.05, 0) is 17.7 Å². The lowest BCUT2D eigenvalue weighted by atomic mass is 10.1. The van der Waals surface area contributed by atoms with E-state index in [2.05, 4.69) is 14.5 Å². The molecule has 0 fully saturated rings. The summed E-state index contributed by atoms with van der Waals surface area (Å²) in [6.45, 7) is -5.55. The predicted molar refractivity (Wildman–Crippen MR) is 85.5 cm³/mol. The van der Waals surface area contributed by atoms with Crippen LogP contribution in [0.15, 0.2) is 48.7 Å². The summed E-state index contributed by atoms with van der Waals surface area (Å²) in [6, 6.07) is 11.4. The number of fused-ring (bicyclic) bond motifs is 3. The van der Waals surface area contributed by atoms with Gasteiger partial charge >= 0.3 is 13.2 Å². The van der Waals surface area contributed by atoms with Gasteiger partial charge < -0.3 is 31.0 Å². The van der Waals surface area contributed by atoms with Crippen LogP contribution in [0.4, 0.5) is 17.6 Å². The molecule has 27 heavy (non-hydrogen) atoms. The number of rotatable bonds is 5. The topological polar surface area (TPSA) is 36.3 Å². The van der Waals surface area contributed by atoms with Gasteiger partial charge in [-0.3, -0.25) is 0 Å². The molecule has 0 saturated heterocycles. The SMILES string of the molecule is FC(F)Oc1ccc(-c2cn3c(n2)-c2ccccc2C3)c(OC(F)F)c1.[Br-]. The molecule has 0 atom stereocenters. The number of aromatic nitrogens is 2. The van der Waals surface area contributed by atoms with Crippen LogP contribution in [-0.2, 0) is 6.54 Å². The number of halogens is 5. The van der Waals surface area contributed by atoms with Gasteiger partial charge in [0.15, 0.2) is 0 Å². The van der Waals surface area contributed by atoms with Crippen LogP contribution >= 0.6 is 0 Å². The Balaban J connectivity index is 0.00000210. The smallest absolute Gasteiger partial charge is 0.387 e. The third-order valence-electron chi connectivity index (χ3n) is 4.05. The van der Waals surface area contributed by atoms with Crippen molar-refractivity contribution in [3.05, 3.63) is 54.2 Å². The molecule has 4 rings (SSSR count). The largest absolute Gasteiger partial charge is 1.00 e. The summed E-state index contributed by atoms with van der Waals surface area (Å²) in [4.78, 5) is 4.51. The lowest BCUT2D eigenvalue weighted by Gasteiger charge is -2.12. The third kappa shape index (κ3) is 3.78. The van der Waals surface area contributed by atoms with E-state index >= 15 is 0 Å². The lowest BCUT2D eigenvalue weighted by Crippen LogP contribution is -3.00. The molecule has 0 spiro atoms. The summed E-state index contributed by atoms with van der Waals surface area (Å²) in [6.07, 6.45) is 1.72. The van der Waals surface area contributed by atoms with Gasteiger partial charge in [0, 0.05) is 29.9 Å². The number of benzene rings is 2. The van der Waals surface area contributed by atoms with Crippen LogP contribution in [0.5, 0.6) is 11.5 Å². The van der Waals surface area contributed by atoms with Crippen molar-refractivity contribution < 1.29 is 44.0 Å². The maximum Gasteiger partial charge on any atom is 0.387 e. The first-order valence-corrected chi connectivity index (χ1v) is 7.71. The average Bonchev–Trinajstić information content (AvgIpc) is 3.11. The Morgan fingerprint density at radius 3 is 2.41 bits per heavy atom. The molecule has 0 N–H and O–H groups in total. The van der Waals surface area contributed by atoms with Crippen molar-refractivity contribution in [1.82, 2.24) is 9.55 Å². The molecule has 2 heterocycles. The normalized spacial score (nSPS) is 11.9. The molecule has 3 aromatic rings. The Morgan fingerprint density at radius 1 is 0.926 bits per heavy atom. The van der Waals surface area contributed by atoms with Crippen LogP contribution in [0.1, 0.15) is 5.56 Å². The molecule has 142 valence electrons. The van der Waals surface area contributed by atoms with Gasteiger partial charge in [0.2, 0.25) is 0 Å². The predicted octanol–water partition coefficient (Wildman–Crippen LogP) is 1.79. The Bertz CT molecular complexity index is 962. The van der Waals surface area contributed by atoms with E-state index < -0.39 is 13.2 Å². The molecule has 0 bridgehead atoms. The minimum absolute atomic E-state index is 0. The highest BCUT2D eigenvalue weighted by molar-refractivity contribution is 5.73.